The zero-order valence-corrected chi connectivity index (χ0v) is 20.5. The molecule has 2 aromatic heterocycles. The first-order valence-electron chi connectivity index (χ1n) is 11.9. The molecule has 1 fully saturated rings. The lowest BCUT2D eigenvalue weighted by atomic mass is 10.0. The van der Waals surface area contributed by atoms with Crippen molar-refractivity contribution in [1.29, 1.82) is 0 Å². The van der Waals surface area contributed by atoms with Gasteiger partial charge in [-0.05, 0) is 42.0 Å². The van der Waals surface area contributed by atoms with Crippen molar-refractivity contribution in [3.05, 3.63) is 72.1 Å². The summed E-state index contributed by atoms with van der Waals surface area (Å²) in [6.45, 7) is 2.15. The summed E-state index contributed by atoms with van der Waals surface area (Å²) in [5, 5.41) is 6.70. The molecule has 196 valence electrons. The summed E-state index contributed by atoms with van der Waals surface area (Å²) < 4.78 is 47.4. The molecule has 0 bridgehead atoms. The van der Waals surface area contributed by atoms with Gasteiger partial charge in [-0.3, -0.25) is 9.78 Å². The minimum absolute atomic E-state index is 0.0576. The number of carbonyl (C=O) groups is 1. The van der Waals surface area contributed by atoms with Gasteiger partial charge in [0.15, 0.2) is 0 Å². The molecule has 8 nitrogen and oxygen atoms in total. The Hall–Kier alpha value is -4.38. The van der Waals surface area contributed by atoms with Gasteiger partial charge in [0, 0.05) is 67.0 Å². The van der Waals surface area contributed by atoms with E-state index in [1.165, 1.54) is 19.4 Å². The van der Waals surface area contributed by atoms with E-state index < -0.39 is 17.6 Å². The average Bonchev–Trinajstić information content (AvgIpc) is 2.93. The van der Waals surface area contributed by atoms with Crippen LogP contribution in [0.5, 0.6) is 5.88 Å². The number of alkyl halides is 3. The molecule has 2 aromatic carbocycles. The van der Waals surface area contributed by atoms with Crippen LogP contribution in [0.15, 0.2) is 60.9 Å². The maximum Gasteiger partial charge on any atom is 0.418 e. The lowest BCUT2D eigenvalue weighted by molar-refractivity contribution is -0.137. The summed E-state index contributed by atoms with van der Waals surface area (Å²) in [6.07, 6.45) is -1.61. The van der Waals surface area contributed by atoms with Crippen molar-refractivity contribution >= 4 is 33.9 Å². The number of fused-ring (bicyclic) bond motifs is 1. The van der Waals surface area contributed by atoms with Gasteiger partial charge >= 0.3 is 6.18 Å². The van der Waals surface area contributed by atoms with E-state index in [0.717, 1.165) is 17.2 Å². The highest BCUT2D eigenvalue weighted by Crippen LogP contribution is 2.40. The van der Waals surface area contributed by atoms with E-state index in [0.29, 0.717) is 43.0 Å². The number of nitrogens with zero attached hydrogens (tertiary/aromatic N) is 3. The summed E-state index contributed by atoms with van der Waals surface area (Å²) in [6, 6.07) is 13.0. The molecule has 0 saturated carbocycles. The number of carbonyl (C=O) groups excluding carboxylic acids is 1. The van der Waals surface area contributed by atoms with E-state index in [9.17, 15) is 18.0 Å². The van der Waals surface area contributed by atoms with Crippen LogP contribution in [0.1, 0.15) is 15.9 Å². The first kappa shape index (κ1) is 25.3. The molecule has 1 amide bonds. The molecule has 0 atom stereocenters. The van der Waals surface area contributed by atoms with Crippen LogP contribution in [-0.2, 0) is 6.18 Å². The summed E-state index contributed by atoms with van der Waals surface area (Å²) in [5.74, 6) is -0.300. The van der Waals surface area contributed by atoms with E-state index in [1.54, 1.807) is 35.4 Å². The number of halogens is 3. The second-order valence-corrected chi connectivity index (χ2v) is 8.82. The maximum atomic E-state index is 14.1. The number of rotatable bonds is 6. The van der Waals surface area contributed by atoms with Gasteiger partial charge < -0.3 is 26.0 Å². The Kier molecular flexibility index (Phi) is 6.77. The van der Waals surface area contributed by atoms with Crippen molar-refractivity contribution in [3.63, 3.8) is 0 Å². The molecule has 1 aliphatic heterocycles. The van der Waals surface area contributed by atoms with Crippen LogP contribution in [-0.4, -0.2) is 49.2 Å². The van der Waals surface area contributed by atoms with E-state index in [4.69, 9.17) is 10.5 Å². The molecule has 5 rings (SSSR count). The number of nitrogens with one attached hydrogen (secondary N) is 2. The van der Waals surface area contributed by atoms with Crippen molar-refractivity contribution < 1.29 is 22.7 Å². The van der Waals surface area contributed by atoms with Crippen LogP contribution in [0.25, 0.3) is 22.0 Å². The largest absolute Gasteiger partial charge is 0.481 e. The van der Waals surface area contributed by atoms with E-state index in [-0.39, 0.29) is 22.6 Å². The number of nitrogens with two attached hydrogens (primary N) is 1. The van der Waals surface area contributed by atoms with Gasteiger partial charge in [-0.15, -0.1) is 0 Å². The number of primary amides is 1. The Balaban J connectivity index is 1.60. The van der Waals surface area contributed by atoms with Crippen LogP contribution in [0.3, 0.4) is 0 Å². The minimum Gasteiger partial charge on any atom is -0.481 e. The fourth-order valence-corrected chi connectivity index (χ4v) is 4.53. The number of ether oxygens (including phenoxy) is 1. The summed E-state index contributed by atoms with van der Waals surface area (Å²) in [4.78, 5) is 22.6. The predicted molar refractivity (Wildman–Crippen MR) is 140 cm³/mol. The van der Waals surface area contributed by atoms with Crippen LogP contribution in [0, 0.1) is 0 Å². The van der Waals surface area contributed by atoms with Gasteiger partial charge in [-0.25, -0.2) is 4.98 Å². The quantitative estimate of drug-likeness (QED) is 0.341. The lowest BCUT2D eigenvalue weighted by Crippen LogP contribution is -2.44. The standard InChI is InChI=1S/C27H25F3N6O2/c1-38-24-7-3-17(14-34-24)16-2-5-22-19(12-16)25(20(15-33-22)26(31)37)35-18-4-6-23(21(13-18)27(28,29)30)36-10-8-32-9-11-36/h2-7,12-15,32H,8-11H2,1H3,(H2,31,37)(H,33,35). The fraction of sp³-hybridized carbons (Fsp3) is 0.222. The second-order valence-electron chi connectivity index (χ2n) is 8.82. The van der Waals surface area contributed by atoms with Gasteiger partial charge in [-0.2, -0.15) is 13.2 Å². The first-order chi connectivity index (χ1) is 18.2. The predicted octanol–water partition coefficient (Wildman–Crippen LogP) is 4.58. The number of benzene rings is 2. The highest BCUT2D eigenvalue weighted by atomic mass is 19.4. The van der Waals surface area contributed by atoms with Crippen LogP contribution >= 0.6 is 0 Å². The summed E-state index contributed by atoms with van der Waals surface area (Å²) in [5.41, 5.74) is 7.57. The minimum atomic E-state index is -4.57. The van der Waals surface area contributed by atoms with Crippen molar-refractivity contribution in [3.8, 4) is 17.0 Å². The second kappa shape index (κ2) is 10.2. The van der Waals surface area contributed by atoms with E-state index >= 15 is 0 Å². The Morgan fingerprint density at radius 2 is 1.79 bits per heavy atom. The number of pyridine rings is 2. The van der Waals surface area contributed by atoms with Crippen LogP contribution < -0.4 is 26.0 Å². The Labute approximate surface area is 216 Å². The summed E-state index contributed by atoms with van der Waals surface area (Å²) in [7, 11) is 1.52. The molecule has 4 N–H and O–H groups in total. The Morgan fingerprint density at radius 1 is 1.03 bits per heavy atom. The van der Waals surface area contributed by atoms with Crippen molar-refractivity contribution in [2.24, 2.45) is 5.73 Å². The summed E-state index contributed by atoms with van der Waals surface area (Å²) >= 11 is 0. The Bertz CT molecular complexity index is 1490. The van der Waals surface area contributed by atoms with Crippen molar-refractivity contribution in [2.45, 2.75) is 6.18 Å². The number of piperazine rings is 1. The third-order valence-corrected chi connectivity index (χ3v) is 6.44. The highest BCUT2D eigenvalue weighted by molar-refractivity contribution is 6.08. The molecule has 0 aliphatic carbocycles. The van der Waals surface area contributed by atoms with Crippen molar-refractivity contribution in [2.75, 3.05) is 43.5 Å². The molecule has 0 unspecified atom stereocenters. The number of hydrogen-bond donors (Lipinski definition) is 3. The molecule has 3 heterocycles. The van der Waals surface area contributed by atoms with E-state index in [1.807, 2.05) is 12.1 Å². The zero-order valence-electron chi connectivity index (χ0n) is 20.5. The average molecular weight is 523 g/mol. The first-order valence-corrected chi connectivity index (χ1v) is 11.9. The normalized spacial score (nSPS) is 13.9. The zero-order chi connectivity index (χ0) is 26.9. The molecule has 11 heteroatoms. The molecule has 1 saturated heterocycles. The molecule has 4 aromatic rings. The molecule has 0 spiro atoms. The monoisotopic (exact) mass is 522 g/mol. The maximum absolute atomic E-state index is 14.1. The van der Waals surface area contributed by atoms with Gasteiger partial charge in [0.2, 0.25) is 5.88 Å². The molecular formula is C27H25F3N6O2. The molecule has 0 radical (unpaired) electrons. The Morgan fingerprint density at radius 3 is 2.45 bits per heavy atom. The smallest absolute Gasteiger partial charge is 0.418 e. The third kappa shape index (κ3) is 5.05. The van der Waals surface area contributed by atoms with Gasteiger partial charge in [0.05, 0.1) is 29.4 Å². The number of anilines is 3. The van der Waals surface area contributed by atoms with Gasteiger partial charge in [0.1, 0.15) is 0 Å². The third-order valence-electron chi connectivity index (χ3n) is 6.44. The molecular weight excluding hydrogens is 497 g/mol. The fourth-order valence-electron chi connectivity index (χ4n) is 4.53. The highest BCUT2D eigenvalue weighted by Gasteiger charge is 2.35. The number of aromatic nitrogens is 2. The number of hydrogen-bond acceptors (Lipinski definition) is 7. The number of amides is 1. The van der Waals surface area contributed by atoms with E-state index in [2.05, 4.69) is 20.6 Å². The number of methoxy groups -OCH3 is 1. The van der Waals surface area contributed by atoms with Gasteiger partial charge in [-0.1, -0.05) is 6.07 Å². The molecule has 38 heavy (non-hydrogen) atoms. The molecule has 1 aliphatic rings. The van der Waals surface area contributed by atoms with Gasteiger partial charge in [0.25, 0.3) is 5.91 Å². The van der Waals surface area contributed by atoms with Crippen LogP contribution in [0.4, 0.5) is 30.2 Å². The van der Waals surface area contributed by atoms with Crippen molar-refractivity contribution in [1.82, 2.24) is 15.3 Å². The topological polar surface area (TPSA) is 105 Å². The SMILES string of the molecule is COc1ccc(-c2ccc3ncc(C(N)=O)c(Nc4ccc(N5CCNCC5)c(C(F)(F)F)c4)c3c2)cn1. The van der Waals surface area contributed by atoms with Crippen LogP contribution in [0.2, 0.25) is 0 Å². The lowest BCUT2D eigenvalue weighted by Gasteiger charge is -2.31.